The molecule has 0 aliphatic heterocycles. The summed E-state index contributed by atoms with van der Waals surface area (Å²) in [6, 6.07) is 14.4. The molecule has 2 aromatic rings. The van der Waals surface area contributed by atoms with E-state index in [9.17, 15) is 9.59 Å². The number of amidine groups is 1. The molecule has 0 unspecified atom stereocenters. The lowest BCUT2D eigenvalue weighted by Gasteiger charge is -2.08. The van der Waals surface area contributed by atoms with Crippen LogP contribution in [0.5, 0.6) is 5.75 Å². The second kappa shape index (κ2) is 7.77. The van der Waals surface area contributed by atoms with Crippen LogP contribution in [-0.2, 0) is 9.59 Å². The standard InChI is InChI=1S/C17H17N3O4/c18-17(19)13-3-1-11(2-4-13)12-5-7-14(8-6-12)24-10-15(21)20-9-16(22)23/h1-8H,9-10H2,(H3,18,19)(H,20,21)(H,22,23). The summed E-state index contributed by atoms with van der Waals surface area (Å²) in [6.45, 7) is -0.683. The second-order valence-electron chi connectivity index (χ2n) is 4.97. The van der Waals surface area contributed by atoms with E-state index in [2.05, 4.69) is 5.32 Å². The molecule has 124 valence electrons. The molecule has 0 saturated carbocycles. The summed E-state index contributed by atoms with van der Waals surface area (Å²) in [5, 5.41) is 18.0. The average Bonchev–Trinajstić information content (AvgIpc) is 2.58. The lowest BCUT2D eigenvalue weighted by molar-refractivity contribution is -0.138. The smallest absolute Gasteiger partial charge is 0.322 e. The van der Waals surface area contributed by atoms with Gasteiger partial charge in [-0.25, -0.2) is 0 Å². The minimum atomic E-state index is -1.11. The first-order valence-corrected chi connectivity index (χ1v) is 7.12. The summed E-state index contributed by atoms with van der Waals surface area (Å²) in [5.41, 5.74) is 7.99. The van der Waals surface area contributed by atoms with Crippen molar-refractivity contribution in [1.82, 2.24) is 5.32 Å². The molecule has 0 bridgehead atoms. The summed E-state index contributed by atoms with van der Waals surface area (Å²) in [4.78, 5) is 21.7. The van der Waals surface area contributed by atoms with Gasteiger partial charge < -0.3 is 20.9 Å². The van der Waals surface area contributed by atoms with Gasteiger partial charge in [0.1, 0.15) is 18.1 Å². The highest BCUT2D eigenvalue weighted by Crippen LogP contribution is 2.22. The summed E-state index contributed by atoms with van der Waals surface area (Å²) >= 11 is 0. The van der Waals surface area contributed by atoms with Crippen LogP contribution in [0.1, 0.15) is 5.56 Å². The molecule has 0 aliphatic carbocycles. The van der Waals surface area contributed by atoms with Crippen molar-refractivity contribution < 1.29 is 19.4 Å². The Balaban J connectivity index is 1.94. The third-order valence-electron chi connectivity index (χ3n) is 3.19. The number of aliphatic carboxylic acids is 1. The van der Waals surface area contributed by atoms with Crippen LogP contribution in [0.15, 0.2) is 48.5 Å². The average molecular weight is 327 g/mol. The van der Waals surface area contributed by atoms with Gasteiger partial charge in [-0.3, -0.25) is 15.0 Å². The van der Waals surface area contributed by atoms with Gasteiger partial charge in [-0.15, -0.1) is 0 Å². The molecule has 5 N–H and O–H groups in total. The van der Waals surface area contributed by atoms with Crippen molar-refractivity contribution in [2.75, 3.05) is 13.2 Å². The van der Waals surface area contributed by atoms with Crippen LogP contribution in [0, 0.1) is 5.41 Å². The Morgan fingerprint density at radius 2 is 1.58 bits per heavy atom. The first-order valence-electron chi connectivity index (χ1n) is 7.12. The van der Waals surface area contributed by atoms with E-state index in [1.54, 1.807) is 24.3 Å². The fourth-order valence-corrected chi connectivity index (χ4v) is 1.96. The number of ether oxygens (including phenoxy) is 1. The van der Waals surface area contributed by atoms with Gasteiger partial charge in [0.05, 0.1) is 0 Å². The predicted octanol–water partition coefficient (Wildman–Crippen LogP) is 1.22. The third-order valence-corrected chi connectivity index (χ3v) is 3.19. The van der Waals surface area contributed by atoms with Crippen molar-refractivity contribution in [2.45, 2.75) is 0 Å². The number of nitrogens with two attached hydrogens (primary N) is 1. The second-order valence-corrected chi connectivity index (χ2v) is 4.97. The number of hydrogen-bond donors (Lipinski definition) is 4. The Labute approximate surface area is 138 Å². The van der Waals surface area contributed by atoms with Crippen molar-refractivity contribution in [3.05, 3.63) is 54.1 Å². The minimum Gasteiger partial charge on any atom is -0.484 e. The fourth-order valence-electron chi connectivity index (χ4n) is 1.96. The maximum Gasteiger partial charge on any atom is 0.322 e. The highest BCUT2D eigenvalue weighted by molar-refractivity contribution is 5.95. The van der Waals surface area contributed by atoms with Crippen molar-refractivity contribution in [3.8, 4) is 16.9 Å². The molecule has 24 heavy (non-hydrogen) atoms. The Morgan fingerprint density at radius 3 is 2.08 bits per heavy atom. The van der Waals surface area contributed by atoms with Crippen LogP contribution in [0.25, 0.3) is 11.1 Å². The number of benzene rings is 2. The Morgan fingerprint density at radius 1 is 1.04 bits per heavy atom. The summed E-state index contributed by atoms with van der Waals surface area (Å²) in [7, 11) is 0. The zero-order valence-electron chi connectivity index (χ0n) is 12.8. The summed E-state index contributed by atoms with van der Waals surface area (Å²) in [5.74, 6) is -1.08. The third kappa shape index (κ3) is 4.84. The molecule has 0 fully saturated rings. The first kappa shape index (κ1) is 17.0. The molecule has 1 amide bonds. The molecular formula is C17H17N3O4. The normalized spacial score (nSPS) is 10.0. The quantitative estimate of drug-likeness (QED) is 0.449. The predicted molar refractivity (Wildman–Crippen MR) is 89.0 cm³/mol. The molecule has 7 nitrogen and oxygen atoms in total. The van der Waals surface area contributed by atoms with E-state index in [1.807, 2.05) is 24.3 Å². The molecule has 2 rings (SSSR count). The van der Waals surface area contributed by atoms with Crippen molar-refractivity contribution in [2.24, 2.45) is 5.73 Å². The zero-order valence-corrected chi connectivity index (χ0v) is 12.8. The van der Waals surface area contributed by atoms with Crippen molar-refractivity contribution >= 4 is 17.7 Å². The van der Waals surface area contributed by atoms with E-state index >= 15 is 0 Å². The van der Waals surface area contributed by atoms with Gasteiger partial charge in [0.25, 0.3) is 5.91 Å². The van der Waals surface area contributed by atoms with Gasteiger partial charge in [-0.05, 0) is 23.3 Å². The van der Waals surface area contributed by atoms with Gasteiger partial charge in [-0.1, -0.05) is 36.4 Å². The highest BCUT2D eigenvalue weighted by atomic mass is 16.5. The lowest BCUT2D eigenvalue weighted by atomic mass is 10.0. The van der Waals surface area contributed by atoms with Crippen LogP contribution < -0.4 is 15.8 Å². The monoisotopic (exact) mass is 327 g/mol. The lowest BCUT2D eigenvalue weighted by Crippen LogP contribution is -2.33. The van der Waals surface area contributed by atoms with Crippen LogP contribution in [-0.4, -0.2) is 36.0 Å². The zero-order chi connectivity index (χ0) is 17.5. The first-order chi connectivity index (χ1) is 11.5. The Kier molecular flexibility index (Phi) is 5.51. The van der Waals surface area contributed by atoms with Gasteiger partial charge in [0.2, 0.25) is 0 Å². The maximum atomic E-state index is 11.4. The topological polar surface area (TPSA) is 126 Å². The Bertz CT molecular complexity index is 739. The molecule has 0 aromatic heterocycles. The van der Waals surface area contributed by atoms with Crippen molar-refractivity contribution in [3.63, 3.8) is 0 Å². The largest absolute Gasteiger partial charge is 0.484 e. The molecule has 7 heteroatoms. The maximum absolute atomic E-state index is 11.4. The van der Waals surface area contributed by atoms with E-state index in [0.29, 0.717) is 11.3 Å². The molecule has 2 aromatic carbocycles. The molecule has 0 radical (unpaired) electrons. The van der Waals surface area contributed by atoms with E-state index in [1.165, 1.54) is 0 Å². The fraction of sp³-hybridized carbons (Fsp3) is 0.118. The molecule has 0 aliphatic rings. The number of nitrogen functional groups attached to an aromatic ring is 1. The van der Waals surface area contributed by atoms with Crippen LogP contribution in [0.2, 0.25) is 0 Å². The van der Waals surface area contributed by atoms with Gasteiger partial charge >= 0.3 is 5.97 Å². The van der Waals surface area contributed by atoms with Crippen LogP contribution in [0.3, 0.4) is 0 Å². The number of carbonyl (C=O) groups excluding carboxylic acids is 1. The number of hydrogen-bond acceptors (Lipinski definition) is 4. The number of carbonyl (C=O) groups is 2. The van der Waals surface area contributed by atoms with E-state index in [4.69, 9.17) is 21.0 Å². The van der Waals surface area contributed by atoms with E-state index < -0.39 is 18.4 Å². The van der Waals surface area contributed by atoms with E-state index in [0.717, 1.165) is 11.1 Å². The Hall–Kier alpha value is -3.35. The van der Waals surface area contributed by atoms with Crippen LogP contribution in [0.4, 0.5) is 0 Å². The molecule has 0 spiro atoms. The number of nitrogens with one attached hydrogen (secondary N) is 2. The molecule has 0 atom stereocenters. The number of rotatable bonds is 7. The number of carboxylic acid groups (broad SMARTS) is 1. The van der Waals surface area contributed by atoms with Gasteiger partial charge in [-0.2, -0.15) is 0 Å². The summed E-state index contributed by atoms with van der Waals surface area (Å²) < 4.78 is 5.29. The summed E-state index contributed by atoms with van der Waals surface area (Å²) in [6.07, 6.45) is 0. The molecule has 0 heterocycles. The highest BCUT2D eigenvalue weighted by Gasteiger charge is 2.05. The van der Waals surface area contributed by atoms with Gasteiger partial charge in [0.15, 0.2) is 6.61 Å². The SMILES string of the molecule is N=C(N)c1ccc(-c2ccc(OCC(=O)NCC(=O)O)cc2)cc1. The van der Waals surface area contributed by atoms with Gasteiger partial charge in [0, 0.05) is 5.56 Å². The van der Waals surface area contributed by atoms with Crippen LogP contribution >= 0.6 is 0 Å². The van der Waals surface area contributed by atoms with E-state index in [-0.39, 0.29) is 12.4 Å². The minimum absolute atomic E-state index is 0.0199. The molecule has 0 saturated heterocycles. The van der Waals surface area contributed by atoms with Crippen molar-refractivity contribution in [1.29, 1.82) is 5.41 Å². The molecular weight excluding hydrogens is 310 g/mol. The number of amides is 1. The number of carboxylic acids is 1.